The monoisotopic (exact) mass is 296 g/mol. The summed E-state index contributed by atoms with van der Waals surface area (Å²) in [4.78, 5) is 0. The number of aliphatic hydroxyl groups is 1. The molecular weight excluding hydrogens is 264 g/mol. The van der Waals surface area contributed by atoms with Crippen LogP contribution < -0.4 is 0 Å². The highest BCUT2D eigenvalue weighted by Crippen LogP contribution is 2.56. The van der Waals surface area contributed by atoms with E-state index in [4.69, 9.17) is 4.43 Å². The first-order chi connectivity index (χ1) is 9.11. The van der Waals surface area contributed by atoms with E-state index in [9.17, 15) is 5.11 Å². The quantitative estimate of drug-likeness (QED) is 0.617. The van der Waals surface area contributed by atoms with Crippen molar-refractivity contribution in [3.63, 3.8) is 0 Å². The van der Waals surface area contributed by atoms with Crippen molar-refractivity contribution in [1.29, 1.82) is 0 Å². The molecule has 2 nitrogen and oxygen atoms in total. The zero-order valence-corrected chi connectivity index (χ0v) is 15.0. The second kappa shape index (κ2) is 5.26. The number of aliphatic hydroxyl groups excluding tert-OH is 1. The number of hydrogen-bond donors (Lipinski definition) is 1. The normalized spacial score (nSPS) is 34.6. The Morgan fingerprint density at radius 1 is 1.40 bits per heavy atom. The summed E-state index contributed by atoms with van der Waals surface area (Å²) in [6, 6.07) is 0. The zero-order chi connectivity index (χ0) is 15.2. The van der Waals surface area contributed by atoms with Crippen LogP contribution in [0.3, 0.4) is 0 Å². The molecular formula is C17H32O2Si. The summed E-state index contributed by atoms with van der Waals surface area (Å²) < 4.78 is 6.52. The van der Waals surface area contributed by atoms with Crippen LogP contribution in [-0.4, -0.2) is 26.6 Å². The van der Waals surface area contributed by atoms with Crippen molar-refractivity contribution in [2.75, 3.05) is 13.2 Å². The van der Waals surface area contributed by atoms with Gasteiger partial charge in [0, 0.05) is 18.6 Å². The molecule has 0 heterocycles. The fraction of sp³-hybridized carbons (Fsp3) is 0.882. The summed E-state index contributed by atoms with van der Waals surface area (Å²) in [5.74, 6) is 1.07. The zero-order valence-electron chi connectivity index (χ0n) is 14.0. The van der Waals surface area contributed by atoms with E-state index in [-0.39, 0.29) is 10.5 Å². The molecule has 0 radical (unpaired) electrons. The van der Waals surface area contributed by atoms with Gasteiger partial charge in [-0.25, -0.2) is 0 Å². The van der Waals surface area contributed by atoms with Gasteiger partial charge in [0.1, 0.15) is 0 Å². The molecule has 3 rings (SSSR count). The lowest BCUT2D eigenvalue weighted by Crippen LogP contribution is -2.51. The Morgan fingerprint density at radius 3 is 2.55 bits per heavy atom. The lowest BCUT2D eigenvalue weighted by atomic mass is 9.54. The van der Waals surface area contributed by atoms with E-state index in [2.05, 4.69) is 40.4 Å². The van der Waals surface area contributed by atoms with Crippen LogP contribution in [0.25, 0.3) is 0 Å². The third-order valence-electron chi connectivity index (χ3n) is 6.33. The van der Waals surface area contributed by atoms with E-state index in [1.807, 2.05) is 0 Å². The second-order valence-corrected chi connectivity index (χ2v) is 13.4. The fourth-order valence-electron chi connectivity index (χ4n) is 3.63. The van der Waals surface area contributed by atoms with E-state index in [1.165, 1.54) is 18.4 Å². The summed E-state index contributed by atoms with van der Waals surface area (Å²) in [5.41, 5.74) is 1.57. The van der Waals surface area contributed by atoms with Gasteiger partial charge in [-0.2, -0.15) is 0 Å². The third kappa shape index (κ3) is 2.77. The maximum absolute atomic E-state index is 9.78. The minimum Gasteiger partial charge on any atom is -0.416 e. The third-order valence-corrected chi connectivity index (χ3v) is 10.8. The molecule has 2 bridgehead atoms. The van der Waals surface area contributed by atoms with Crippen LogP contribution in [0.15, 0.2) is 12.2 Å². The molecule has 3 aliphatic carbocycles. The average molecular weight is 297 g/mol. The number of fused-ring (bicyclic) bond motifs is 3. The van der Waals surface area contributed by atoms with E-state index in [1.54, 1.807) is 0 Å². The van der Waals surface area contributed by atoms with Crippen molar-refractivity contribution < 1.29 is 9.53 Å². The smallest absolute Gasteiger partial charge is 0.192 e. The summed E-state index contributed by atoms with van der Waals surface area (Å²) in [5, 5.41) is 10.0. The summed E-state index contributed by atoms with van der Waals surface area (Å²) in [6.07, 6.45) is 4.64. The molecule has 20 heavy (non-hydrogen) atoms. The molecule has 0 spiro atoms. The Labute approximate surface area is 125 Å². The SMILES string of the molecule is C=C1CC2(CO[Si](C)(C)C(C)(C)C)CCC1CC2CO. The topological polar surface area (TPSA) is 29.5 Å². The van der Waals surface area contributed by atoms with Gasteiger partial charge in [-0.3, -0.25) is 0 Å². The van der Waals surface area contributed by atoms with Gasteiger partial charge in [-0.1, -0.05) is 32.9 Å². The molecule has 3 atom stereocenters. The van der Waals surface area contributed by atoms with Gasteiger partial charge in [0.2, 0.25) is 0 Å². The summed E-state index contributed by atoms with van der Waals surface area (Å²) in [6.45, 7) is 16.9. The van der Waals surface area contributed by atoms with Crippen molar-refractivity contribution in [2.24, 2.45) is 17.3 Å². The number of allylic oxidation sites excluding steroid dienone is 1. The van der Waals surface area contributed by atoms with Gasteiger partial charge in [-0.15, -0.1) is 0 Å². The van der Waals surface area contributed by atoms with Gasteiger partial charge < -0.3 is 9.53 Å². The first kappa shape index (κ1) is 16.3. The van der Waals surface area contributed by atoms with Gasteiger partial charge in [0.05, 0.1) is 0 Å². The Morgan fingerprint density at radius 2 is 2.05 bits per heavy atom. The van der Waals surface area contributed by atoms with Crippen molar-refractivity contribution in [1.82, 2.24) is 0 Å². The molecule has 0 aliphatic heterocycles. The second-order valence-electron chi connectivity index (χ2n) is 8.60. The van der Waals surface area contributed by atoms with Crippen molar-refractivity contribution >= 4 is 8.32 Å². The first-order valence-electron chi connectivity index (χ1n) is 8.04. The molecule has 3 aliphatic rings. The van der Waals surface area contributed by atoms with E-state index >= 15 is 0 Å². The highest BCUT2D eigenvalue weighted by atomic mass is 28.4. The van der Waals surface area contributed by atoms with Gasteiger partial charge in [0.25, 0.3) is 0 Å². The molecule has 1 N–H and O–H groups in total. The lowest BCUT2D eigenvalue weighted by Gasteiger charge is -2.54. The molecule has 3 heteroatoms. The molecule has 0 saturated heterocycles. The minimum atomic E-state index is -1.71. The fourth-order valence-corrected chi connectivity index (χ4v) is 4.71. The highest BCUT2D eigenvalue weighted by Gasteiger charge is 2.50. The van der Waals surface area contributed by atoms with Crippen LogP contribution in [0.1, 0.15) is 46.5 Å². The molecule has 0 aromatic heterocycles. The molecule has 0 aromatic carbocycles. The van der Waals surface area contributed by atoms with Crippen LogP contribution in [-0.2, 0) is 4.43 Å². The maximum atomic E-state index is 9.78. The predicted molar refractivity (Wildman–Crippen MR) is 87.3 cm³/mol. The molecule has 3 saturated carbocycles. The number of hydrogen-bond acceptors (Lipinski definition) is 2. The highest BCUT2D eigenvalue weighted by molar-refractivity contribution is 6.74. The lowest BCUT2D eigenvalue weighted by molar-refractivity contribution is -0.0385. The largest absolute Gasteiger partial charge is 0.416 e. The van der Waals surface area contributed by atoms with E-state index in [0.29, 0.717) is 18.4 Å². The van der Waals surface area contributed by atoms with Crippen LogP contribution in [0, 0.1) is 17.3 Å². The van der Waals surface area contributed by atoms with Crippen LogP contribution in [0.5, 0.6) is 0 Å². The molecule has 3 unspecified atom stereocenters. The number of rotatable bonds is 4. The van der Waals surface area contributed by atoms with Crippen molar-refractivity contribution in [2.45, 2.75) is 64.6 Å². The van der Waals surface area contributed by atoms with Crippen LogP contribution in [0.4, 0.5) is 0 Å². The molecule has 0 amide bonds. The van der Waals surface area contributed by atoms with Gasteiger partial charge >= 0.3 is 0 Å². The van der Waals surface area contributed by atoms with Crippen LogP contribution >= 0.6 is 0 Å². The Bertz CT molecular complexity index is 383. The molecule has 3 fully saturated rings. The first-order valence-corrected chi connectivity index (χ1v) is 10.9. The van der Waals surface area contributed by atoms with Gasteiger partial charge in [-0.05, 0) is 55.7 Å². The summed E-state index contributed by atoms with van der Waals surface area (Å²) >= 11 is 0. The Kier molecular flexibility index (Phi) is 4.27. The molecule has 0 aromatic rings. The standard InChI is InChI=1S/C17H32O2Si/c1-13-10-17(8-7-14(13)9-15(17)11-18)12-19-20(5,6)16(2,3)4/h14-15,18H,1,7-12H2,2-6H3. The average Bonchev–Trinajstić information content (AvgIpc) is 2.35. The Balaban J connectivity index is 2.11. The van der Waals surface area contributed by atoms with E-state index in [0.717, 1.165) is 19.4 Å². The van der Waals surface area contributed by atoms with Crippen molar-refractivity contribution in [3.8, 4) is 0 Å². The molecule has 116 valence electrons. The van der Waals surface area contributed by atoms with Crippen molar-refractivity contribution in [3.05, 3.63) is 12.2 Å². The Hall–Kier alpha value is -0.123. The van der Waals surface area contributed by atoms with Crippen LogP contribution in [0.2, 0.25) is 18.1 Å². The van der Waals surface area contributed by atoms with Gasteiger partial charge in [0.15, 0.2) is 8.32 Å². The van der Waals surface area contributed by atoms with E-state index < -0.39 is 8.32 Å². The summed E-state index contributed by atoms with van der Waals surface area (Å²) in [7, 11) is -1.71. The maximum Gasteiger partial charge on any atom is 0.192 e. The predicted octanol–water partition coefficient (Wildman–Crippen LogP) is 4.36. The minimum absolute atomic E-state index is 0.163.